The van der Waals surface area contributed by atoms with Crippen molar-refractivity contribution in [3.63, 3.8) is 0 Å². The summed E-state index contributed by atoms with van der Waals surface area (Å²) in [5.74, 6) is 4.60. The summed E-state index contributed by atoms with van der Waals surface area (Å²) in [5, 5.41) is 0. The van der Waals surface area contributed by atoms with Gasteiger partial charge in [0.2, 0.25) is 0 Å². The summed E-state index contributed by atoms with van der Waals surface area (Å²) in [7, 11) is 0. The van der Waals surface area contributed by atoms with E-state index in [1.165, 1.54) is 64.2 Å². The summed E-state index contributed by atoms with van der Waals surface area (Å²) in [6, 6.07) is 0. The van der Waals surface area contributed by atoms with Gasteiger partial charge in [-0.3, -0.25) is 4.79 Å². The van der Waals surface area contributed by atoms with Crippen LogP contribution in [0.1, 0.15) is 85.0 Å². The molecular formula is C21H34O. The average molecular weight is 303 g/mol. The van der Waals surface area contributed by atoms with Crippen LogP contribution < -0.4 is 0 Å². The lowest BCUT2D eigenvalue weighted by Gasteiger charge is -2.60. The largest absolute Gasteiger partial charge is 0.300 e. The van der Waals surface area contributed by atoms with E-state index in [1.54, 1.807) is 0 Å². The lowest BCUT2D eigenvalue weighted by Crippen LogP contribution is -2.53. The smallest absolute Gasteiger partial charge is 0.133 e. The van der Waals surface area contributed by atoms with Gasteiger partial charge in [0.05, 0.1) is 0 Å². The molecule has 0 aromatic rings. The van der Waals surface area contributed by atoms with E-state index in [1.807, 2.05) is 6.92 Å². The van der Waals surface area contributed by atoms with Gasteiger partial charge in [0, 0.05) is 5.92 Å². The first-order valence-corrected chi connectivity index (χ1v) is 9.97. The molecule has 0 aromatic carbocycles. The molecule has 124 valence electrons. The minimum absolute atomic E-state index is 0.338. The Balaban J connectivity index is 1.63. The highest BCUT2D eigenvalue weighted by molar-refractivity contribution is 5.79. The SMILES string of the molecule is CC(=O)[C@H]1CC[C@H]2[C@@H]3CCC4CCCC[C@@]4(C)[C@@H]3CC[C@]12C. The van der Waals surface area contributed by atoms with Crippen LogP contribution in [0.4, 0.5) is 0 Å². The van der Waals surface area contributed by atoms with Crippen molar-refractivity contribution in [3.05, 3.63) is 0 Å². The minimum Gasteiger partial charge on any atom is -0.300 e. The molecular weight excluding hydrogens is 268 g/mol. The topological polar surface area (TPSA) is 17.1 Å². The predicted octanol–water partition coefficient (Wildman–Crippen LogP) is 5.62. The van der Waals surface area contributed by atoms with Gasteiger partial charge in [-0.2, -0.15) is 0 Å². The third-order valence-electron chi connectivity index (χ3n) is 9.07. The van der Waals surface area contributed by atoms with Gasteiger partial charge in [-0.05, 0) is 92.8 Å². The molecule has 0 bridgehead atoms. The van der Waals surface area contributed by atoms with Crippen molar-refractivity contribution in [2.24, 2.45) is 40.4 Å². The molecule has 0 amide bonds. The molecule has 1 nitrogen and oxygen atoms in total. The number of hydrogen-bond donors (Lipinski definition) is 0. The van der Waals surface area contributed by atoms with E-state index >= 15 is 0 Å². The van der Waals surface area contributed by atoms with Crippen LogP contribution in [-0.2, 0) is 4.79 Å². The van der Waals surface area contributed by atoms with Gasteiger partial charge in [-0.25, -0.2) is 0 Å². The molecule has 1 heteroatoms. The normalized spacial score (nSPS) is 54.2. The molecule has 4 rings (SSSR count). The summed E-state index contributed by atoms with van der Waals surface area (Å²) in [5.41, 5.74) is 0.974. The van der Waals surface area contributed by atoms with Gasteiger partial charge in [0.15, 0.2) is 0 Å². The third kappa shape index (κ3) is 1.93. The second-order valence-corrected chi connectivity index (χ2v) is 9.69. The molecule has 4 saturated carbocycles. The standard InChI is InChI=1S/C21H34O/c1-14(22)17-9-10-18-16-8-7-15-6-4-5-12-20(15,2)19(16)11-13-21(17,18)3/h15-19H,4-13H2,1-3H3/t15?,16-,17+,18-,19+,20+,21+/m0/s1. The van der Waals surface area contributed by atoms with E-state index < -0.39 is 0 Å². The number of rotatable bonds is 1. The predicted molar refractivity (Wildman–Crippen MR) is 90.5 cm³/mol. The summed E-state index contributed by atoms with van der Waals surface area (Å²) in [4.78, 5) is 12.2. The van der Waals surface area contributed by atoms with Gasteiger partial charge in [0.25, 0.3) is 0 Å². The maximum absolute atomic E-state index is 12.2. The Hall–Kier alpha value is -0.330. The van der Waals surface area contributed by atoms with Crippen molar-refractivity contribution in [1.29, 1.82) is 0 Å². The van der Waals surface area contributed by atoms with Crippen molar-refractivity contribution in [3.8, 4) is 0 Å². The summed E-state index contributed by atoms with van der Waals surface area (Å²) in [6.07, 6.45) is 14.1. The maximum atomic E-state index is 12.2. The molecule has 7 atom stereocenters. The fraction of sp³-hybridized carbons (Fsp3) is 0.952. The summed E-state index contributed by atoms with van der Waals surface area (Å²) in [6.45, 7) is 6.97. The van der Waals surface area contributed by atoms with Crippen molar-refractivity contribution < 1.29 is 4.79 Å². The Labute approximate surface area is 136 Å². The van der Waals surface area contributed by atoms with E-state index in [0.717, 1.165) is 23.7 Å². The molecule has 0 radical (unpaired) electrons. The van der Waals surface area contributed by atoms with E-state index in [0.29, 0.717) is 22.5 Å². The van der Waals surface area contributed by atoms with E-state index in [2.05, 4.69) is 13.8 Å². The lowest BCUT2D eigenvalue weighted by molar-refractivity contribution is -0.133. The van der Waals surface area contributed by atoms with Gasteiger partial charge in [-0.1, -0.05) is 26.7 Å². The van der Waals surface area contributed by atoms with Gasteiger partial charge in [-0.15, -0.1) is 0 Å². The number of carbonyl (C=O) groups excluding carboxylic acids is 1. The Morgan fingerprint density at radius 3 is 2.36 bits per heavy atom. The van der Waals surface area contributed by atoms with Crippen LogP contribution in [-0.4, -0.2) is 5.78 Å². The second kappa shape index (κ2) is 5.08. The van der Waals surface area contributed by atoms with Crippen molar-refractivity contribution >= 4 is 5.78 Å². The number of hydrogen-bond acceptors (Lipinski definition) is 1. The molecule has 0 saturated heterocycles. The zero-order valence-corrected chi connectivity index (χ0v) is 14.9. The molecule has 4 fully saturated rings. The zero-order valence-electron chi connectivity index (χ0n) is 14.9. The molecule has 22 heavy (non-hydrogen) atoms. The number of ketones is 1. The molecule has 0 heterocycles. The monoisotopic (exact) mass is 302 g/mol. The highest BCUT2D eigenvalue weighted by atomic mass is 16.1. The minimum atomic E-state index is 0.338. The molecule has 4 aliphatic rings. The van der Waals surface area contributed by atoms with Gasteiger partial charge < -0.3 is 0 Å². The third-order valence-corrected chi connectivity index (χ3v) is 9.07. The van der Waals surface area contributed by atoms with Gasteiger partial charge >= 0.3 is 0 Å². The molecule has 0 N–H and O–H groups in total. The van der Waals surface area contributed by atoms with Crippen LogP contribution in [0.3, 0.4) is 0 Å². The van der Waals surface area contributed by atoms with Crippen LogP contribution in [0.2, 0.25) is 0 Å². The maximum Gasteiger partial charge on any atom is 0.133 e. The number of carbonyl (C=O) groups is 1. The number of fused-ring (bicyclic) bond motifs is 5. The highest BCUT2D eigenvalue weighted by Gasteiger charge is 2.60. The molecule has 0 aromatic heterocycles. The molecule has 0 spiro atoms. The molecule has 1 unspecified atom stereocenters. The van der Waals surface area contributed by atoms with Crippen molar-refractivity contribution in [2.75, 3.05) is 0 Å². The van der Waals surface area contributed by atoms with Crippen LogP contribution in [0, 0.1) is 40.4 Å². The van der Waals surface area contributed by atoms with E-state index in [4.69, 9.17) is 0 Å². The van der Waals surface area contributed by atoms with E-state index in [9.17, 15) is 4.79 Å². The van der Waals surface area contributed by atoms with Crippen molar-refractivity contribution in [1.82, 2.24) is 0 Å². The summed E-state index contributed by atoms with van der Waals surface area (Å²) >= 11 is 0. The zero-order chi connectivity index (χ0) is 15.5. The Bertz CT molecular complexity index is 469. The van der Waals surface area contributed by atoms with Crippen molar-refractivity contribution in [2.45, 2.75) is 85.0 Å². The lowest BCUT2D eigenvalue weighted by atomic mass is 9.45. The Morgan fingerprint density at radius 2 is 1.59 bits per heavy atom. The first-order valence-electron chi connectivity index (χ1n) is 9.97. The fourth-order valence-corrected chi connectivity index (χ4v) is 7.96. The first kappa shape index (κ1) is 15.2. The van der Waals surface area contributed by atoms with Gasteiger partial charge in [0.1, 0.15) is 5.78 Å². The van der Waals surface area contributed by atoms with Crippen LogP contribution in [0.5, 0.6) is 0 Å². The van der Waals surface area contributed by atoms with Crippen LogP contribution in [0.25, 0.3) is 0 Å². The summed E-state index contributed by atoms with van der Waals surface area (Å²) < 4.78 is 0. The fourth-order valence-electron chi connectivity index (χ4n) is 7.96. The van der Waals surface area contributed by atoms with E-state index in [-0.39, 0.29) is 0 Å². The average Bonchev–Trinajstić information content (AvgIpc) is 2.84. The molecule has 0 aliphatic heterocycles. The number of Topliss-reactive ketones (excluding diaryl/α,β-unsaturated/α-hetero) is 1. The highest BCUT2D eigenvalue weighted by Crippen LogP contribution is 2.67. The molecule has 4 aliphatic carbocycles. The first-order chi connectivity index (χ1) is 10.5. The van der Waals surface area contributed by atoms with Crippen LogP contribution in [0.15, 0.2) is 0 Å². The Morgan fingerprint density at radius 1 is 0.818 bits per heavy atom. The quantitative estimate of drug-likeness (QED) is 0.614. The second-order valence-electron chi connectivity index (χ2n) is 9.69. The Kier molecular flexibility index (Phi) is 3.51. The van der Waals surface area contributed by atoms with Crippen LogP contribution >= 0.6 is 0 Å².